The maximum Gasteiger partial charge on any atom is 1.00 e. The number of hydrogen-bond acceptors (Lipinski definition) is 6. The van der Waals surface area contributed by atoms with Crippen molar-refractivity contribution < 1.29 is 28.8 Å². The molecule has 0 bridgehead atoms. The number of carboxylic acids is 1. The zero-order valence-corrected chi connectivity index (χ0v) is 7.34. The zero-order chi connectivity index (χ0) is 9.42. The topological polar surface area (TPSA) is 109 Å². The van der Waals surface area contributed by atoms with E-state index in [0.717, 1.165) is 6.20 Å². The number of carboxylic acid groups (broad SMARTS) is 1. The van der Waals surface area contributed by atoms with E-state index in [4.69, 9.17) is 5.73 Å². The molecule has 2 rings (SSSR count). The van der Waals surface area contributed by atoms with E-state index in [2.05, 4.69) is 15.1 Å². The Morgan fingerprint density at radius 3 is 2.93 bits per heavy atom. The summed E-state index contributed by atoms with van der Waals surface area (Å²) in [7, 11) is 0. The molecule has 8 heteroatoms. The van der Waals surface area contributed by atoms with Gasteiger partial charge in [-0.1, -0.05) is 0 Å². The van der Waals surface area contributed by atoms with Crippen LogP contribution in [0.5, 0.6) is 0 Å². The smallest absolute Gasteiger partial charge is 0.545 e. The molecule has 0 spiro atoms. The van der Waals surface area contributed by atoms with Crippen molar-refractivity contribution >= 4 is 17.7 Å². The summed E-state index contributed by atoms with van der Waals surface area (Å²) < 4.78 is 1.18. The second-order valence-corrected chi connectivity index (χ2v) is 2.34. The first-order chi connectivity index (χ1) is 6.16. The van der Waals surface area contributed by atoms with Crippen LogP contribution in [-0.2, 0) is 0 Å². The van der Waals surface area contributed by atoms with Crippen LogP contribution in [0.15, 0.2) is 12.4 Å². The minimum Gasteiger partial charge on any atom is -0.545 e. The number of carbonyl (C=O) groups excluding carboxylic acids is 1. The van der Waals surface area contributed by atoms with Gasteiger partial charge in [-0.2, -0.15) is 4.98 Å². The maximum atomic E-state index is 10.4. The van der Waals surface area contributed by atoms with Crippen LogP contribution in [0.4, 0.5) is 5.95 Å². The third-order valence-corrected chi connectivity index (χ3v) is 1.45. The van der Waals surface area contributed by atoms with Crippen molar-refractivity contribution in [1.82, 2.24) is 19.6 Å². The predicted octanol–water partition coefficient (Wildman–Crippen LogP) is -4.93. The molecule has 0 atom stereocenters. The molecule has 0 aliphatic heterocycles. The van der Waals surface area contributed by atoms with Gasteiger partial charge >= 0.3 is 18.9 Å². The SMILES string of the molecule is Nc1nc2ncc(C(=O)[O-])cn2n1.[Li+]. The summed E-state index contributed by atoms with van der Waals surface area (Å²) in [5.41, 5.74) is 5.20. The van der Waals surface area contributed by atoms with E-state index in [1.54, 1.807) is 0 Å². The van der Waals surface area contributed by atoms with Gasteiger partial charge in [-0.25, -0.2) is 9.50 Å². The minimum absolute atomic E-state index is 0. The Morgan fingerprint density at radius 1 is 1.57 bits per heavy atom. The van der Waals surface area contributed by atoms with E-state index in [1.165, 1.54) is 10.7 Å². The molecule has 0 radical (unpaired) electrons. The van der Waals surface area contributed by atoms with Crippen LogP contribution in [0.1, 0.15) is 10.4 Å². The summed E-state index contributed by atoms with van der Waals surface area (Å²) in [5, 5.41) is 14.1. The van der Waals surface area contributed by atoms with Crippen molar-refractivity contribution in [3.8, 4) is 0 Å². The quantitative estimate of drug-likeness (QED) is 0.446. The second-order valence-electron chi connectivity index (χ2n) is 2.34. The van der Waals surface area contributed by atoms with E-state index < -0.39 is 5.97 Å². The van der Waals surface area contributed by atoms with Gasteiger partial charge in [0.1, 0.15) is 0 Å². The molecule has 0 aliphatic rings. The minimum atomic E-state index is -1.32. The standard InChI is InChI=1S/C6H5N5O2.Li/c7-5-9-6-8-1-3(4(12)13)2-11(6)10-5;/h1-2H,(H2,7,10)(H,12,13);/q;+1/p-1. The maximum absolute atomic E-state index is 10.4. The molecule has 66 valence electrons. The first kappa shape index (κ1) is 10.5. The van der Waals surface area contributed by atoms with Crippen LogP contribution in [0.2, 0.25) is 0 Å². The Hall–Kier alpha value is -1.58. The fourth-order valence-electron chi connectivity index (χ4n) is 0.904. The largest absolute Gasteiger partial charge is 1.00 e. The number of nitrogens with two attached hydrogens (primary N) is 1. The average molecular weight is 185 g/mol. The van der Waals surface area contributed by atoms with Crippen molar-refractivity contribution in [2.45, 2.75) is 0 Å². The number of aromatic nitrogens is 4. The Kier molecular flexibility index (Phi) is 2.74. The Bertz CT molecular complexity index is 482. The Balaban J connectivity index is 0.000000980. The summed E-state index contributed by atoms with van der Waals surface area (Å²) in [6.07, 6.45) is 2.37. The number of nitrogen functional groups attached to an aromatic ring is 1. The van der Waals surface area contributed by atoms with Crippen LogP contribution < -0.4 is 29.7 Å². The molecule has 2 aromatic rings. The molecular formula is C6H4LiN5O2. The number of carbonyl (C=O) groups is 1. The van der Waals surface area contributed by atoms with Gasteiger partial charge in [-0.15, -0.1) is 5.10 Å². The van der Waals surface area contributed by atoms with Crippen molar-refractivity contribution in [1.29, 1.82) is 0 Å². The van der Waals surface area contributed by atoms with Crippen LogP contribution in [0.25, 0.3) is 5.78 Å². The summed E-state index contributed by atoms with van der Waals surface area (Å²) in [6.45, 7) is 0. The molecule has 2 aromatic heterocycles. The van der Waals surface area contributed by atoms with Gasteiger partial charge in [0.25, 0.3) is 5.78 Å². The van der Waals surface area contributed by atoms with Crippen molar-refractivity contribution in [2.75, 3.05) is 5.73 Å². The van der Waals surface area contributed by atoms with Crippen LogP contribution >= 0.6 is 0 Å². The second kappa shape index (κ2) is 3.65. The number of aromatic carboxylic acids is 1. The number of anilines is 1. The Labute approximate surface area is 90.1 Å². The van der Waals surface area contributed by atoms with E-state index in [9.17, 15) is 9.90 Å². The molecule has 0 aliphatic carbocycles. The van der Waals surface area contributed by atoms with Gasteiger partial charge in [-0.3, -0.25) is 0 Å². The first-order valence-electron chi connectivity index (χ1n) is 3.36. The van der Waals surface area contributed by atoms with E-state index in [1.807, 2.05) is 0 Å². The van der Waals surface area contributed by atoms with Crippen molar-refractivity contribution in [2.24, 2.45) is 0 Å². The number of rotatable bonds is 1. The molecule has 2 N–H and O–H groups in total. The van der Waals surface area contributed by atoms with Gasteiger partial charge in [0.15, 0.2) is 0 Å². The first-order valence-corrected chi connectivity index (χ1v) is 3.36. The van der Waals surface area contributed by atoms with Gasteiger partial charge < -0.3 is 15.6 Å². The van der Waals surface area contributed by atoms with Gasteiger partial charge in [0, 0.05) is 18.0 Å². The van der Waals surface area contributed by atoms with Crippen molar-refractivity contribution in [3.63, 3.8) is 0 Å². The average Bonchev–Trinajstić information content (AvgIpc) is 2.42. The molecule has 0 aromatic carbocycles. The third kappa shape index (κ3) is 1.68. The number of fused-ring (bicyclic) bond motifs is 1. The summed E-state index contributed by atoms with van der Waals surface area (Å²) in [4.78, 5) is 17.8. The molecule has 0 saturated carbocycles. The van der Waals surface area contributed by atoms with E-state index in [0.29, 0.717) is 0 Å². The van der Waals surface area contributed by atoms with E-state index >= 15 is 0 Å². The summed E-state index contributed by atoms with van der Waals surface area (Å²) >= 11 is 0. The number of nitrogens with zero attached hydrogens (tertiary/aromatic N) is 4. The fourth-order valence-corrected chi connectivity index (χ4v) is 0.904. The molecule has 0 saturated heterocycles. The molecule has 0 amide bonds. The van der Waals surface area contributed by atoms with E-state index in [-0.39, 0.29) is 36.2 Å². The normalized spacial score (nSPS) is 9.71. The fraction of sp³-hybridized carbons (Fsp3) is 0. The van der Waals surface area contributed by atoms with Crippen LogP contribution in [0.3, 0.4) is 0 Å². The van der Waals surface area contributed by atoms with Gasteiger partial charge in [-0.05, 0) is 0 Å². The molecular weight excluding hydrogens is 181 g/mol. The van der Waals surface area contributed by atoms with Crippen LogP contribution in [0, 0.1) is 0 Å². The molecule has 0 fully saturated rings. The zero-order valence-electron chi connectivity index (χ0n) is 7.34. The molecule has 2 heterocycles. The summed E-state index contributed by atoms with van der Waals surface area (Å²) in [6, 6.07) is 0. The summed E-state index contributed by atoms with van der Waals surface area (Å²) in [5.74, 6) is -1.02. The molecule has 0 unspecified atom stereocenters. The Morgan fingerprint density at radius 2 is 2.29 bits per heavy atom. The number of hydrogen-bond donors (Lipinski definition) is 1. The van der Waals surface area contributed by atoms with Gasteiger partial charge in [0.05, 0.1) is 5.97 Å². The van der Waals surface area contributed by atoms with Crippen LogP contribution in [-0.4, -0.2) is 25.6 Å². The molecule has 7 nitrogen and oxygen atoms in total. The van der Waals surface area contributed by atoms with Gasteiger partial charge in [0.2, 0.25) is 5.95 Å². The third-order valence-electron chi connectivity index (χ3n) is 1.45. The van der Waals surface area contributed by atoms with Crippen molar-refractivity contribution in [3.05, 3.63) is 18.0 Å². The molecule has 14 heavy (non-hydrogen) atoms. The predicted molar refractivity (Wildman–Crippen MR) is 39.5 cm³/mol. The monoisotopic (exact) mass is 185 g/mol.